The molecule has 0 fully saturated rings. The first-order valence-corrected chi connectivity index (χ1v) is 8.51. The average Bonchev–Trinajstić information content (AvgIpc) is 2.76. The van der Waals surface area contributed by atoms with E-state index in [1.807, 2.05) is 0 Å². The fourth-order valence-electron chi connectivity index (χ4n) is 1.90. The van der Waals surface area contributed by atoms with Gasteiger partial charge in [-0.1, -0.05) is 0 Å². The van der Waals surface area contributed by atoms with Crippen LogP contribution in [0.4, 0.5) is 0 Å². The molecule has 0 spiro atoms. The fraction of sp³-hybridized carbons (Fsp3) is 0.200. The van der Waals surface area contributed by atoms with Crippen molar-refractivity contribution in [2.24, 2.45) is 0 Å². The predicted octanol–water partition coefficient (Wildman–Crippen LogP) is 1.31. The van der Waals surface area contributed by atoms with Gasteiger partial charge in [0.2, 0.25) is 0 Å². The molecule has 2 aromatic carbocycles. The molecule has 2 N–H and O–H groups in total. The van der Waals surface area contributed by atoms with Crippen LogP contribution in [0.1, 0.15) is 20.7 Å². The maximum Gasteiger partial charge on any atom is 0.338 e. The molecule has 2 aromatic rings. The van der Waals surface area contributed by atoms with Crippen LogP contribution in [-0.4, -0.2) is 61.5 Å². The minimum absolute atomic E-state index is 0.0277. The Bertz CT molecular complexity index is 799. The molecule has 0 saturated carbocycles. The number of aliphatic hydroxyl groups is 1. The van der Waals surface area contributed by atoms with Gasteiger partial charge in [0.05, 0.1) is 17.7 Å². The van der Waals surface area contributed by atoms with Gasteiger partial charge < -0.3 is 29.2 Å². The Morgan fingerprint density at radius 3 is 1.93 bits per heavy atom. The Morgan fingerprint density at radius 1 is 0.800 bits per heavy atom. The Hall–Kier alpha value is -3.92. The third-order valence-corrected chi connectivity index (χ3v) is 3.24. The van der Waals surface area contributed by atoms with Crippen LogP contribution < -0.4 is 9.47 Å². The number of hydrogen-bond acceptors (Lipinski definition) is 9. The summed E-state index contributed by atoms with van der Waals surface area (Å²) in [6, 6.07) is 11.9. The van der Waals surface area contributed by atoms with Crippen LogP contribution in [-0.2, 0) is 19.1 Å². The van der Waals surface area contributed by atoms with Gasteiger partial charge in [-0.05, 0) is 48.5 Å². The van der Waals surface area contributed by atoms with Crippen molar-refractivity contribution in [2.45, 2.75) is 0 Å². The Morgan fingerprint density at radius 2 is 1.40 bits per heavy atom. The molecule has 2 rings (SSSR count). The third-order valence-electron chi connectivity index (χ3n) is 3.24. The Kier molecular flexibility index (Phi) is 11.4. The van der Waals surface area contributed by atoms with Crippen LogP contribution in [0.3, 0.4) is 0 Å². The van der Waals surface area contributed by atoms with E-state index in [9.17, 15) is 19.2 Å². The Balaban J connectivity index is 0.000000325. The maximum absolute atomic E-state index is 11.4. The van der Waals surface area contributed by atoms with E-state index in [1.165, 1.54) is 24.3 Å². The molecule has 0 heterocycles. The molecule has 0 aliphatic heterocycles. The normalized spacial score (nSPS) is 9.37. The predicted molar refractivity (Wildman–Crippen MR) is 101 cm³/mol. The van der Waals surface area contributed by atoms with E-state index >= 15 is 0 Å². The summed E-state index contributed by atoms with van der Waals surface area (Å²) in [4.78, 5) is 41.5. The molecule has 0 unspecified atom stereocenters. The lowest BCUT2D eigenvalue weighted by Crippen LogP contribution is -2.09. The lowest BCUT2D eigenvalue weighted by Gasteiger charge is -2.06. The van der Waals surface area contributed by atoms with Crippen LogP contribution in [0.25, 0.3) is 0 Å². The third kappa shape index (κ3) is 9.33. The Labute approximate surface area is 171 Å². The molecule has 30 heavy (non-hydrogen) atoms. The number of carbonyl (C=O) groups is 4. The van der Waals surface area contributed by atoms with Gasteiger partial charge in [0.25, 0.3) is 12.9 Å². The largest absolute Gasteiger partial charge is 0.490 e. The monoisotopic (exact) mass is 420 g/mol. The van der Waals surface area contributed by atoms with E-state index in [4.69, 9.17) is 19.7 Å². The first kappa shape index (κ1) is 24.1. The van der Waals surface area contributed by atoms with Gasteiger partial charge in [-0.25, -0.2) is 9.59 Å². The first-order valence-electron chi connectivity index (χ1n) is 8.51. The van der Waals surface area contributed by atoms with Crippen LogP contribution >= 0.6 is 0 Å². The number of benzene rings is 2. The molecular formula is C20H20O10. The molecule has 10 nitrogen and oxygen atoms in total. The van der Waals surface area contributed by atoms with Crippen LogP contribution in [0.2, 0.25) is 0 Å². The van der Waals surface area contributed by atoms with Gasteiger partial charge in [-0.15, -0.1) is 0 Å². The number of aromatic carboxylic acids is 1. The summed E-state index contributed by atoms with van der Waals surface area (Å²) < 4.78 is 18.9. The number of carboxylic acid groups (broad SMARTS) is 1. The second-order valence-electron chi connectivity index (χ2n) is 5.24. The van der Waals surface area contributed by atoms with E-state index in [2.05, 4.69) is 9.47 Å². The van der Waals surface area contributed by atoms with Crippen molar-refractivity contribution in [3.8, 4) is 11.5 Å². The van der Waals surface area contributed by atoms with Crippen molar-refractivity contribution in [3.05, 3.63) is 59.7 Å². The van der Waals surface area contributed by atoms with E-state index in [-0.39, 0.29) is 38.5 Å². The van der Waals surface area contributed by atoms with Crippen molar-refractivity contribution in [1.29, 1.82) is 0 Å². The number of rotatable bonds is 11. The molecule has 0 amide bonds. The van der Waals surface area contributed by atoms with Gasteiger partial charge in [-0.2, -0.15) is 0 Å². The summed E-state index contributed by atoms with van der Waals surface area (Å²) >= 11 is 0. The highest BCUT2D eigenvalue weighted by Crippen LogP contribution is 2.13. The molecule has 10 heteroatoms. The number of esters is 1. The average molecular weight is 420 g/mol. The van der Waals surface area contributed by atoms with Gasteiger partial charge >= 0.3 is 11.9 Å². The van der Waals surface area contributed by atoms with Gasteiger partial charge in [0, 0.05) is 0 Å². The summed E-state index contributed by atoms with van der Waals surface area (Å²) in [6.07, 6.45) is 0. The molecule has 0 saturated heterocycles. The lowest BCUT2D eigenvalue weighted by atomic mass is 10.2. The summed E-state index contributed by atoms with van der Waals surface area (Å²) in [6.45, 7) is 0.819. The van der Waals surface area contributed by atoms with Crippen molar-refractivity contribution in [1.82, 2.24) is 0 Å². The van der Waals surface area contributed by atoms with E-state index < -0.39 is 11.9 Å². The standard InChI is InChI=1S/C12H14O6.C8H6O4/c13-5-6-18-12(15)10-1-3-11(4-2-10)17-8-7-16-9-14;9-5-12-7-3-1-6(2-4-7)8(10)11/h1-4,9,13H,5-8H2;1-5H,(H,10,11). The molecule has 0 aliphatic rings. The van der Waals surface area contributed by atoms with Crippen LogP contribution in [0.15, 0.2) is 48.5 Å². The van der Waals surface area contributed by atoms with Crippen LogP contribution in [0.5, 0.6) is 11.5 Å². The zero-order chi connectivity index (χ0) is 22.2. The summed E-state index contributed by atoms with van der Waals surface area (Å²) in [5.74, 6) is -0.620. The first-order chi connectivity index (χ1) is 14.5. The maximum atomic E-state index is 11.4. The zero-order valence-electron chi connectivity index (χ0n) is 15.8. The molecule has 0 radical (unpaired) electrons. The highest BCUT2D eigenvalue weighted by Gasteiger charge is 2.06. The molecule has 0 bridgehead atoms. The molecule has 160 valence electrons. The van der Waals surface area contributed by atoms with E-state index in [1.54, 1.807) is 24.3 Å². The van der Waals surface area contributed by atoms with Gasteiger partial charge in [0.1, 0.15) is 31.3 Å². The van der Waals surface area contributed by atoms with Crippen molar-refractivity contribution in [2.75, 3.05) is 26.4 Å². The topological polar surface area (TPSA) is 146 Å². The number of ether oxygens (including phenoxy) is 4. The number of carbonyl (C=O) groups excluding carboxylic acids is 3. The highest BCUT2D eigenvalue weighted by atomic mass is 16.5. The van der Waals surface area contributed by atoms with E-state index in [0.29, 0.717) is 23.5 Å². The summed E-state index contributed by atoms with van der Waals surface area (Å²) in [7, 11) is 0. The minimum Gasteiger partial charge on any atom is -0.490 e. The van der Waals surface area contributed by atoms with Gasteiger partial charge in [-0.3, -0.25) is 9.59 Å². The highest BCUT2D eigenvalue weighted by molar-refractivity contribution is 5.89. The number of carboxylic acids is 1. The summed E-state index contributed by atoms with van der Waals surface area (Å²) in [5, 5.41) is 17.0. The second kappa shape index (κ2) is 14.1. The SMILES string of the molecule is O=COCCOc1ccc(C(=O)OCCO)cc1.O=COc1ccc(C(=O)O)cc1. The fourth-order valence-corrected chi connectivity index (χ4v) is 1.90. The lowest BCUT2D eigenvalue weighted by molar-refractivity contribution is -0.129. The number of hydrogen-bond donors (Lipinski definition) is 2. The molecule has 0 atom stereocenters. The van der Waals surface area contributed by atoms with Crippen molar-refractivity contribution >= 4 is 24.9 Å². The smallest absolute Gasteiger partial charge is 0.338 e. The molecule has 0 aliphatic carbocycles. The molecular weight excluding hydrogens is 400 g/mol. The van der Waals surface area contributed by atoms with Crippen molar-refractivity contribution < 1.29 is 48.3 Å². The number of aliphatic hydroxyl groups excluding tert-OH is 1. The van der Waals surface area contributed by atoms with Crippen LogP contribution in [0, 0.1) is 0 Å². The van der Waals surface area contributed by atoms with Gasteiger partial charge in [0.15, 0.2) is 0 Å². The molecule has 0 aromatic heterocycles. The van der Waals surface area contributed by atoms with E-state index in [0.717, 1.165) is 0 Å². The van der Waals surface area contributed by atoms with Crippen molar-refractivity contribution in [3.63, 3.8) is 0 Å². The summed E-state index contributed by atoms with van der Waals surface area (Å²) in [5.41, 5.74) is 0.535. The zero-order valence-corrected chi connectivity index (χ0v) is 15.8. The second-order valence-corrected chi connectivity index (χ2v) is 5.24. The quantitative estimate of drug-likeness (QED) is 0.310. The minimum atomic E-state index is -1.01.